The summed E-state index contributed by atoms with van der Waals surface area (Å²) in [5.41, 5.74) is -1.55. The van der Waals surface area contributed by atoms with E-state index < -0.39 is 69.1 Å². The number of carbonyl (C=O) groups is 4. The second-order valence-electron chi connectivity index (χ2n) is 13.5. The number of hydrogen-bond donors (Lipinski definition) is 3. The highest BCUT2D eigenvalue weighted by atomic mass is 32.2. The molecule has 47 heavy (non-hydrogen) atoms. The summed E-state index contributed by atoms with van der Waals surface area (Å²) in [6.07, 6.45) is 8.45. The van der Waals surface area contributed by atoms with Crippen LogP contribution in [0.15, 0.2) is 48.7 Å². The minimum Gasteiger partial charge on any atom is -0.488 e. The predicted molar refractivity (Wildman–Crippen MR) is 174 cm³/mol. The maximum Gasteiger partial charge on any atom is 0.408 e. The van der Waals surface area contributed by atoms with Crippen molar-refractivity contribution in [3.05, 3.63) is 48.7 Å². The molecule has 1 aliphatic carbocycles. The third kappa shape index (κ3) is 8.40. The lowest BCUT2D eigenvalue weighted by Crippen LogP contribution is -2.58. The second kappa shape index (κ2) is 13.5. The molecule has 0 radical (unpaired) electrons. The van der Waals surface area contributed by atoms with Gasteiger partial charge in [-0.2, -0.15) is 0 Å². The van der Waals surface area contributed by atoms with E-state index in [0.717, 1.165) is 30.0 Å². The number of amides is 4. The maximum absolute atomic E-state index is 14.3. The number of alkyl carbamates (subject to hydrolysis) is 1. The number of aromatic nitrogens is 1. The monoisotopic (exact) mass is 669 g/mol. The highest BCUT2D eigenvalue weighted by Gasteiger charge is 2.61. The third-order valence-corrected chi connectivity index (χ3v) is 9.07. The van der Waals surface area contributed by atoms with E-state index in [-0.39, 0.29) is 19.4 Å². The van der Waals surface area contributed by atoms with E-state index >= 15 is 0 Å². The van der Waals surface area contributed by atoms with Crippen molar-refractivity contribution >= 4 is 44.7 Å². The summed E-state index contributed by atoms with van der Waals surface area (Å²) in [5.74, 6) is -1.80. The van der Waals surface area contributed by atoms with Crippen molar-refractivity contribution in [1.29, 1.82) is 0 Å². The standard InChI is InChI=1S/C33H43N5O8S/c1-32(2,3)46-31(42)35-25-15-9-7-5-6-8-12-21-19-33(21,30(41)37-47(4,43)44)36-28(39)26-18-22(20-38(26)29(25)40)45-27-16-17-34-24-14-11-10-13-23(24)27/h8,10-14,16-17,21-22,25-26H,5-7,9,15,18-20H2,1-4H3,(H,35,42)(H,36,39)(H,37,41)/b12-8-/t21?,22-,25+,26+,33-/m1/s1. The van der Waals surface area contributed by atoms with Crippen LogP contribution in [0.4, 0.5) is 4.79 Å². The molecule has 13 nitrogen and oxygen atoms in total. The minimum absolute atomic E-state index is 0.0337. The van der Waals surface area contributed by atoms with E-state index in [1.54, 1.807) is 33.0 Å². The van der Waals surface area contributed by atoms with Crippen LogP contribution in [0.5, 0.6) is 5.75 Å². The largest absolute Gasteiger partial charge is 0.488 e. The Morgan fingerprint density at radius 3 is 2.62 bits per heavy atom. The van der Waals surface area contributed by atoms with Gasteiger partial charge in [0.1, 0.15) is 35.1 Å². The molecule has 1 saturated carbocycles. The van der Waals surface area contributed by atoms with E-state index in [4.69, 9.17) is 9.47 Å². The Labute approximate surface area is 274 Å². The highest BCUT2D eigenvalue weighted by molar-refractivity contribution is 7.89. The van der Waals surface area contributed by atoms with Crippen molar-refractivity contribution in [2.75, 3.05) is 12.8 Å². The van der Waals surface area contributed by atoms with E-state index in [1.165, 1.54) is 4.90 Å². The van der Waals surface area contributed by atoms with Crippen molar-refractivity contribution in [3.63, 3.8) is 0 Å². The van der Waals surface area contributed by atoms with Crippen LogP contribution < -0.4 is 20.1 Å². The van der Waals surface area contributed by atoms with Gasteiger partial charge in [0.05, 0.1) is 18.3 Å². The van der Waals surface area contributed by atoms with E-state index in [2.05, 4.69) is 15.6 Å². The van der Waals surface area contributed by atoms with Crippen LogP contribution in [0.25, 0.3) is 10.9 Å². The molecule has 3 aliphatic rings. The van der Waals surface area contributed by atoms with Gasteiger partial charge in [-0.3, -0.25) is 24.1 Å². The summed E-state index contributed by atoms with van der Waals surface area (Å²) in [6, 6.07) is 7.13. The number of nitrogens with zero attached hydrogens (tertiary/aromatic N) is 2. The molecule has 1 aromatic heterocycles. The minimum atomic E-state index is -3.90. The molecule has 5 atom stereocenters. The lowest BCUT2D eigenvalue weighted by atomic mass is 10.0. The summed E-state index contributed by atoms with van der Waals surface area (Å²) in [4.78, 5) is 60.2. The van der Waals surface area contributed by atoms with Gasteiger partial charge in [-0.25, -0.2) is 13.2 Å². The molecule has 2 aromatic rings. The maximum atomic E-state index is 14.3. The van der Waals surface area contributed by atoms with E-state index in [0.29, 0.717) is 25.0 Å². The normalized spacial score (nSPS) is 27.7. The topological polar surface area (TPSA) is 173 Å². The first kappa shape index (κ1) is 34.1. The Morgan fingerprint density at radius 2 is 1.87 bits per heavy atom. The molecule has 2 aliphatic heterocycles. The molecule has 1 saturated heterocycles. The fourth-order valence-corrected chi connectivity index (χ4v) is 6.75. The number of carbonyl (C=O) groups excluding carboxylic acids is 4. The van der Waals surface area contributed by atoms with Crippen LogP contribution in [-0.4, -0.2) is 84.2 Å². The smallest absolute Gasteiger partial charge is 0.408 e. The molecule has 5 rings (SSSR count). The van der Waals surface area contributed by atoms with Crippen LogP contribution in [0.3, 0.4) is 0 Å². The van der Waals surface area contributed by atoms with Crippen LogP contribution in [-0.2, 0) is 29.1 Å². The van der Waals surface area contributed by atoms with Gasteiger partial charge in [-0.1, -0.05) is 37.1 Å². The summed E-state index contributed by atoms with van der Waals surface area (Å²) in [5, 5.41) is 6.31. The number of fused-ring (bicyclic) bond motifs is 3. The van der Waals surface area contributed by atoms with Crippen molar-refractivity contribution in [1.82, 2.24) is 25.2 Å². The van der Waals surface area contributed by atoms with Crippen molar-refractivity contribution in [2.24, 2.45) is 5.92 Å². The molecule has 0 bridgehead atoms. The lowest BCUT2D eigenvalue weighted by molar-refractivity contribution is -0.141. The van der Waals surface area contributed by atoms with Crippen LogP contribution >= 0.6 is 0 Å². The number of ether oxygens (including phenoxy) is 2. The molecule has 0 spiro atoms. The van der Waals surface area contributed by atoms with Gasteiger partial charge in [0.2, 0.25) is 21.8 Å². The molecule has 1 aromatic carbocycles. The number of allylic oxidation sites excluding steroid dienone is 1. The second-order valence-corrected chi connectivity index (χ2v) is 15.3. The predicted octanol–water partition coefficient (Wildman–Crippen LogP) is 2.95. The Balaban J connectivity index is 1.47. The highest BCUT2D eigenvalue weighted by Crippen LogP contribution is 2.45. The fourth-order valence-electron chi connectivity index (χ4n) is 6.23. The van der Waals surface area contributed by atoms with Crippen molar-refractivity contribution < 1.29 is 37.1 Å². The molecule has 4 amide bonds. The van der Waals surface area contributed by atoms with E-state index in [1.807, 2.05) is 41.1 Å². The molecule has 254 valence electrons. The lowest BCUT2D eigenvalue weighted by Gasteiger charge is -2.30. The Bertz CT molecular complexity index is 1670. The zero-order valence-corrected chi connectivity index (χ0v) is 28.0. The quantitative estimate of drug-likeness (QED) is 0.405. The summed E-state index contributed by atoms with van der Waals surface area (Å²) in [6.45, 7) is 5.21. The van der Waals surface area contributed by atoms with Crippen molar-refractivity contribution in [2.45, 2.75) is 95.0 Å². The average Bonchev–Trinajstić information content (AvgIpc) is 3.51. The zero-order valence-electron chi connectivity index (χ0n) is 27.2. The van der Waals surface area contributed by atoms with Gasteiger partial charge in [-0.05, 0) is 64.7 Å². The molecule has 3 heterocycles. The SMILES string of the molecule is CC(C)(C)OC(=O)N[C@H]1CCCCC/C=C\C2C[C@@]2(C(=O)NS(C)(=O)=O)NC(=O)[C@@H]2C[C@@H](Oc3ccnc4ccccc34)CN2C1=O. The van der Waals surface area contributed by atoms with Gasteiger partial charge in [0, 0.05) is 23.9 Å². The van der Waals surface area contributed by atoms with Gasteiger partial charge in [0.25, 0.3) is 5.91 Å². The molecular weight excluding hydrogens is 626 g/mol. The summed E-state index contributed by atoms with van der Waals surface area (Å²) < 4.78 is 37.8. The molecule has 3 N–H and O–H groups in total. The first-order valence-electron chi connectivity index (χ1n) is 16.0. The number of hydrogen-bond acceptors (Lipinski definition) is 9. The molecule has 2 fully saturated rings. The van der Waals surface area contributed by atoms with Gasteiger partial charge in [-0.15, -0.1) is 0 Å². The van der Waals surface area contributed by atoms with Gasteiger partial charge in [0.15, 0.2) is 0 Å². The Kier molecular flexibility index (Phi) is 9.81. The number of para-hydroxylation sites is 1. The summed E-state index contributed by atoms with van der Waals surface area (Å²) in [7, 11) is -3.90. The number of rotatable bonds is 5. The fraction of sp³-hybridized carbons (Fsp3) is 0.545. The number of benzene rings is 1. The number of sulfonamides is 1. The molecular formula is C33H43N5O8S. The Hall–Kier alpha value is -4.20. The van der Waals surface area contributed by atoms with Crippen LogP contribution in [0, 0.1) is 5.92 Å². The van der Waals surface area contributed by atoms with Gasteiger partial charge >= 0.3 is 6.09 Å². The number of pyridine rings is 1. The molecule has 14 heteroatoms. The van der Waals surface area contributed by atoms with Crippen molar-refractivity contribution in [3.8, 4) is 5.75 Å². The van der Waals surface area contributed by atoms with E-state index in [9.17, 15) is 27.6 Å². The Morgan fingerprint density at radius 1 is 1.11 bits per heavy atom. The number of nitrogens with one attached hydrogen (secondary N) is 3. The van der Waals surface area contributed by atoms with Crippen LogP contribution in [0.1, 0.15) is 65.7 Å². The first-order chi connectivity index (χ1) is 22.1. The van der Waals surface area contributed by atoms with Crippen LogP contribution in [0.2, 0.25) is 0 Å². The average molecular weight is 670 g/mol. The summed E-state index contributed by atoms with van der Waals surface area (Å²) >= 11 is 0. The third-order valence-electron chi connectivity index (χ3n) is 8.52. The zero-order chi connectivity index (χ0) is 34.0. The molecule has 1 unspecified atom stereocenters. The first-order valence-corrected chi connectivity index (χ1v) is 17.9. The van der Waals surface area contributed by atoms with Gasteiger partial charge < -0.3 is 25.0 Å².